The summed E-state index contributed by atoms with van der Waals surface area (Å²) < 4.78 is 0.859. The summed E-state index contributed by atoms with van der Waals surface area (Å²) in [6, 6.07) is 16.2. The maximum atomic E-state index is 11.3. The van der Waals surface area contributed by atoms with Crippen molar-refractivity contribution < 1.29 is 9.90 Å². The molecular formula is C13H9INO2. The Bertz CT molecular complexity index is 528. The quantitative estimate of drug-likeness (QED) is 0.764. The van der Waals surface area contributed by atoms with E-state index in [4.69, 9.17) is 0 Å². The zero-order valence-corrected chi connectivity index (χ0v) is 11.0. The summed E-state index contributed by atoms with van der Waals surface area (Å²) in [5.41, 5.74) is 1.19. The zero-order chi connectivity index (χ0) is 12.3. The molecule has 0 fully saturated rings. The first-order chi connectivity index (χ1) is 8.20. The van der Waals surface area contributed by atoms with Crippen molar-refractivity contribution in [2.24, 2.45) is 0 Å². The molecule has 0 spiro atoms. The molecule has 0 aliphatic heterocycles. The molecule has 0 aliphatic carbocycles. The van der Waals surface area contributed by atoms with E-state index in [1.54, 1.807) is 36.4 Å². The fourth-order valence-electron chi connectivity index (χ4n) is 1.55. The smallest absolute Gasteiger partial charge is 0.242 e. The zero-order valence-electron chi connectivity index (χ0n) is 8.84. The summed E-state index contributed by atoms with van der Waals surface area (Å²) in [6.07, 6.45) is -1.24. The van der Waals surface area contributed by atoms with Crippen LogP contribution in [0.5, 0.6) is 0 Å². The van der Waals surface area contributed by atoms with Crippen molar-refractivity contribution >= 4 is 40.1 Å². The fraction of sp³-hybridized carbons (Fsp3) is 0. The summed E-state index contributed by atoms with van der Waals surface area (Å²) >= 11 is 2.10. The molecule has 0 bridgehead atoms. The minimum absolute atomic E-state index is 0.580. The van der Waals surface area contributed by atoms with Crippen LogP contribution in [-0.4, -0.2) is 6.09 Å². The number of carbonyl (C=O) groups excluding carboxylic acids is 1. The van der Waals surface area contributed by atoms with E-state index in [1.165, 1.54) is 4.90 Å². The average Bonchev–Trinajstić information content (AvgIpc) is 2.33. The van der Waals surface area contributed by atoms with Gasteiger partial charge in [0.2, 0.25) is 0 Å². The number of anilines is 2. The van der Waals surface area contributed by atoms with Gasteiger partial charge in [-0.2, -0.15) is 0 Å². The van der Waals surface area contributed by atoms with E-state index in [9.17, 15) is 9.90 Å². The molecule has 2 aromatic rings. The van der Waals surface area contributed by atoms with Crippen molar-refractivity contribution in [1.29, 1.82) is 0 Å². The number of amides is 1. The fourth-order valence-corrected chi connectivity index (χ4v) is 2.18. The van der Waals surface area contributed by atoms with E-state index in [2.05, 4.69) is 22.6 Å². The Morgan fingerprint density at radius 2 is 1.53 bits per heavy atom. The second-order valence-corrected chi connectivity index (χ2v) is 4.55. The largest absolute Gasteiger partial charge is 0.462 e. The molecule has 1 radical (unpaired) electrons. The molecular weight excluding hydrogens is 329 g/mol. The predicted octanol–water partition coefficient (Wildman–Crippen LogP) is 3.98. The monoisotopic (exact) mass is 338 g/mol. The summed E-state index contributed by atoms with van der Waals surface area (Å²) in [5.74, 6) is 0. The molecule has 4 heteroatoms. The molecule has 0 aromatic heterocycles. The van der Waals surface area contributed by atoms with Crippen LogP contribution < -0.4 is 4.90 Å². The first-order valence-corrected chi connectivity index (χ1v) is 6.08. The van der Waals surface area contributed by atoms with Crippen LogP contribution in [-0.2, 0) is 5.11 Å². The highest BCUT2D eigenvalue weighted by Crippen LogP contribution is 2.29. The Morgan fingerprint density at radius 1 is 0.941 bits per heavy atom. The van der Waals surface area contributed by atoms with Gasteiger partial charge in [-0.3, -0.25) is 0 Å². The van der Waals surface area contributed by atoms with E-state index in [0.29, 0.717) is 11.4 Å². The van der Waals surface area contributed by atoms with Crippen molar-refractivity contribution in [3.8, 4) is 0 Å². The number of nitrogens with zero attached hydrogens (tertiary/aromatic N) is 1. The van der Waals surface area contributed by atoms with Gasteiger partial charge in [0.15, 0.2) is 0 Å². The van der Waals surface area contributed by atoms with Gasteiger partial charge >= 0.3 is 6.09 Å². The van der Waals surface area contributed by atoms with Gasteiger partial charge in [-0.05, 0) is 46.9 Å². The van der Waals surface area contributed by atoms with Gasteiger partial charge in [0.25, 0.3) is 0 Å². The number of hydrogen-bond donors (Lipinski definition) is 0. The molecule has 0 N–H and O–H groups in total. The number of carbonyl (C=O) groups is 1. The van der Waals surface area contributed by atoms with E-state index in [-0.39, 0.29) is 0 Å². The molecule has 85 valence electrons. The molecule has 2 aromatic carbocycles. The maximum absolute atomic E-state index is 11.3. The number of halogens is 1. The predicted molar refractivity (Wildman–Crippen MR) is 73.8 cm³/mol. The molecule has 0 atom stereocenters. The Hall–Kier alpha value is -1.56. The Morgan fingerprint density at radius 3 is 2.12 bits per heavy atom. The van der Waals surface area contributed by atoms with Crippen LogP contribution in [0.25, 0.3) is 0 Å². The lowest BCUT2D eigenvalue weighted by atomic mass is 10.2. The van der Waals surface area contributed by atoms with Crippen molar-refractivity contribution in [3.63, 3.8) is 0 Å². The standard InChI is InChI=1S/C13H9INO2/c14-11-8-4-5-9-12(11)15(13(16)17)10-6-2-1-3-7-10/h1-9H. The normalized spacial score (nSPS) is 9.94. The first-order valence-electron chi connectivity index (χ1n) is 5.01. The summed E-state index contributed by atoms with van der Waals surface area (Å²) in [6.45, 7) is 0. The SMILES string of the molecule is [O]C(=O)N(c1ccccc1)c1ccccc1I. The molecule has 2 rings (SSSR count). The highest BCUT2D eigenvalue weighted by molar-refractivity contribution is 14.1. The lowest BCUT2D eigenvalue weighted by molar-refractivity contribution is 0.179. The number of benzene rings is 2. The first kappa shape index (κ1) is 11.9. The van der Waals surface area contributed by atoms with Crippen molar-refractivity contribution in [3.05, 3.63) is 58.2 Å². The maximum Gasteiger partial charge on any atom is 0.462 e. The molecule has 1 amide bonds. The van der Waals surface area contributed by atoms with E-state index < -0.39 is 6.09 Å². The Kier molecular flexibility index (Phi) is 3.63. The lowest BCUT2D eigenvalue weighted by Crippen LogP contribution is -2.23. The molecule has 0 unspecified atom stereocenters. The van der Waals surface area contributed by atoms with Gasteiger partial charge < -0.3 is 0 Å². The van der Waals surface area contributed by atoms with Gasteiger partial charge in [-0.15, -0.1) is 0 Å². The topological polar surface area (TPSA) is 40.2 Å². The van der Waals surface area contributed by atoms with Crippen LogP contribution in [0.2, 0.25) is 0 Å². The highest BCUT2D eigenvalue weighted by atomic mass is 127. The number of hydrogen-bond acceptors (Lipinski definition) is 1. The van der Waals surface area contributed by atoms with Gasteiger partial charge in [0.1, 0.15) is 0 Å². The Labute approximate surface area is 113 Å². The van der Waals surface area contributed by atoms with Gasteiger partial charge in [-0.1, -0.05) is 30.3 Å². The number of para-hydroxylation sites is 2. The molecule has 3 nitrogen and oxygen atoms in total. The van der Waals surface area contributed by atoms with Crippen LogP contribution in [0.1, 0.15) is 0 Å². The van der Waals surface area contributed by atoms with E-state index >= 15 is 0 Å². The van der Waals surface area contributed by atoms with Gasteiger partial charge in [0.05, 0.1) is 11.4 Å². The second-order valence-electron chi connectivity index (χ2n) is 3.39. The van der Waals surface area contributed by atoms with Gasteiger partial charge in [0, 0.05) is 3.57 Å². The molecule has 0 aliphatic rings. The van der Waals surface area contributed by atoms with Crippen molar-refractivity contribution in [1.82, 2.24) is 0 Å². The van der Waals surface area contributed by atoms with Crippen LogP contribution in [0.15, 0.2) is 54.6 Å². The third-order valence-corrected chi connectivity index (χ3v) is 3.20. The molecule has 0 heterocycles. The summed E-state index contributed by atoms with van der Waals surface area (Å²) in [4.78, 5) is 12.4. The second kappa shape index (κ2) is 5.18. The van der Waals surface area contributed by atoms with Crippen molar-refractivity contribution in [2.45, 2.75) is 0 Å². The summed E-state index contributed by atoms with van der Waals surface area (Å²) in [5, 5.41) is 11.3. The summed E-state index contributed by atoms with van der Waals surface area (Å²) in [7, 11) is 0. The van der Waals surface area contributed by atoms with Crippen LogP contribution in [0.3, 0.4) is 0 Å². The molecule has 17 heavy (non-hydrogen) atoms. The number of rotatable bonds is 2. The minimum Gasteiger partial charge on any atom is -0.242 e. The lowest BCUT2D eigenvalue weighted by Gasteiger charge is -2.19. The van der Waals surface area contributed by atoms with Crippen LogP contribution >= 0.6 is 22.6 Å². The molecule has 0 saturated heterocycles. The van der Waals surface area contributed by atoms with E-state index in [0.717, 1.165) is 3.57 Å². The van der Waals surface area contributed by atoms with E-state index in [1.807, 2.05) is 18.2 Å². The molecule has 0 saturated carbocycles. The minimum atomic E-state index is -1.24. The average molecular weight is 338 g/mol. The van der Waals surface area contributed by atoms with Gasteiger partial charge in [-0.25, -0.2) is 14.8 Å². The Balaban J connectivity index is 2.51. The van der Waals surface area contributed by atoms with Crippen LogP contribution in [0, 0.1) is 3.57 Å². The van der Waals surface area contributed by atoms with Crippen LogP contribution in [0.4, 0.5) is 16.2 Å². The van der Waals surface area contributed by atoms with Crippen molar-refractivity contribution in [2.75, 3.05) is 4.90 Å². The third-order valence-electron chi connectivity index (χ3n) is 2.29. The highest BCUT2D eigenvalue weighted by Gasteiger charge is 2.19. The third kappa shape index (κ3) is 2.58.